The van der Waals surface area contributed by atoms with Gasteiger partial charge in [-0.25, -0.2) is 4.79 Å². The van der Waals surface area contributed by atoms with Gasteiger partial charge in [-0.3, -0.25) is 9.36 Å². The summed E-state index contributed by atoms with van der Waals surface area (Å²) in [6.45, 7) is 19.4. The van der Waals surface area contributed by atoms with Gasteiger partial charge < -0.3 is 25.1 Å². The summed E-state index contributed by atoms with van der Waals surface area (Å²) in [4.78, 5) is 29.4. The molecule has 0 saturated carbocycles. The van der Waals surface area contributed by atoms with Crippen molar-refractivity contribution in [2.45, 2.75) is 99.7 Å². The van der Waals surface area contributed by atoms with Crippen LogP contribution in [0.2, 0.25) is 0 Å². The molecule has 214 valence electrons. The maximum atomic E-state index is 13.2. The van der Waals surface area contributed by atoms with E-state index in [2.05, 4.69) is 65.6 Å². The Labute approximate surface area is 226 Å². The van der Waals surface area contributed by atoms with Crippen LogP contribution >= 0.6 is 0 Å². The molecule has 3 rings (SSSR count). The number of fused-ring (bicyclic) bond motifs is 1. The number of nitrogens with zero attached hydrogens (tertiary/aromatic N) is 2. The number of aliphatic hydroxyl groups excluding tert-OH is 1. The van der Waals surface area contributed by atoms with E-state index in [1.807, 2.05) is 13.8 Å². The van der Waals surface area contributed by atoms with Crippen LogP contribution in [0.1, 0.15) is 81.4 Å². The second-order valence-corrected chi connectivity index (χ2v) is 14.3. The lowest BCUT2D eigenvalue weighted by Crippen LogP contribution is -2.62. The third kappa shape index (κ3) is 7.45. The molecule has 5 atom stereocenters. The molecular weight excluding hydrogens is 486 g/mol. The number of rotatable bonds is 9. The second-order valence-electron chi connectivity index (χ2n) is 14.3. The predicted octanol–water partition coefficient (Wildman–Crippen LogP) is 4.10. The average Bonchev–Trinajstić information content (AvgIpc) is 2.70. The molecule has 2 aliphatic heterocycles. The van der Waals surface area contributed by atoms with E-state index >= 15 is 0 Å². The zero-order chi connectivity index (χ0) is 28.7. The van der Waals surface area contributed by atoms with Gasteiger partial charge in [-0.2, -0.15) is 4.98 Å². The smallest absolute Gasteiger partial charge is 0.351 e. The summed E-state index contributed by atoms with van der Waals surface area (Å²) in [6, 6.07) is 1.52. The van der Waals surface area contributed by atoms with Gasteiger partial charge in [0, 0.05) is 6.20 Å². The normalized spacial score (nSPS) is 26.6. The summed E-state index contributed by atoms with van der Waals surface area (Å²) in [6.07, 6.45) is 4.57. The average molecular weight is 534 g/mol. The Morgan fingerprint density at radius 3 is 2.26 bits per heavy atom. The molecule has 0 radical (unpaired) electrons. The highest BCUT2D eigenvalue weighted by Gasteiger charge is 2.53. The number of hydrogen-bond donors (Lipinski definition) is 2. The molecule has 2 unspecified atom stereocenters. The zero-order valence-corrected chi connectivity index (χ0v) is 24.5. The minimum atomic E-state index is -0.984. The Kier molecular flexibility index (Phi) is 8.57. The monoisotopic (exact) mass is 533 g/mol. The molecular formula is C29H47N3O6. The van der Waals surface area contributed by atoms with E-state index in [1.54, 1.807) is 0 Å². The molecule has 0 aliphatic carbocycles. The topological polar surface area (TPSA) is 126 Å². The summed E-state index contributed by atoms with van der Waals surface area (Å²) >= 11 is 0. The summed E-state index contributed by atoms with van der Waals surface area (Å²) < 4.78 is 18.7. The van der Waals surface area contributed by atoms with Gasteiger partial charge in [0.05, 0.1) is 24.0 Å². The quantitative estimate of drug-likeness (QED) is 0.359. The standard InChI is InChI=1S/C29H47N3O6/c1-26(2,3)16-27(4,5)11-12-28(6,7)17-29(8,9)24(34)37-15-19-21(33)22-18(14-36-22)23(38-19)32-13-10-20(30)31-25(32)35/h10-13,18-19,21-23,33H,14-17H2,1-9H3,(H2,30,31,35)/b12-11+/t18-,19-,21?,22?,23-/m1/s1. The number of allylic oxidation sites excluding steroid dienone is 2. The van der Waals surface area contributed by atoms with E-state index in [-0.39, 0.29) is 40.6 Å². The van der Waals surface area contributed by atoms with Crippen molar-refractivity contribution in [1.29, 1.82) is 0 Å². The highest BCUT2D eigenvalue weighted by Crippen LogP contribution is 2.42. The lowest BCUT2D eigenvalue weighted by Gasteiger charge is -2.50. The number of nitrogens with two attached hydrogens (primary N) is 1. The van der Waals surface area contributed by atoms with Crippen LogP contribution in [0.4, 0.5) is 5.82 Å². The third-order valence-electron chi connectivity index (χ3n) is 7.23. The van der Waals surface area contributed by atoms with Crippen LogP contribution in [0.3, 0.4) is 0 Å². The van der Waals surface area contributed by atoms with Crippen molar-refractivity contribution in [3.63, 3.8) is 0 Å². The second kappa shape index (κ2) is 10.7. The van der Waals surface area contributed by atoms with E-state index in [0.717, 1.165) is 6.42 Å². The number of aliphatic hydroxyl groups is 1. The fourth-order valence-corrected chi connectivity index (χ4v) is 6.02. The molecule has 2 fully saturated rings. The number of carbonyl (C=O) groups excluding carboxylic acids is 1. The zero-order valence-electron chi connectivity index (χ0n) is 24.5. The van der Waals surface area contributed by atoms with E-state index in [4.69, 9.17) is 19.9 Å². The number of aromatic nitrogens is 2. The van der Waals surface area contributed by atoms with Crippen LogP contribution in [0, 0.1) is 27.6 Å². The Morgan fingerprint density at radius 1 is 1.13 bits per heavy atom. The first kappa shape index (κ1) is 30.3. The number of esters is 1. The molecule has 0 amide bonds. The Hall–Kier alpha value is -2.23. The van der Waals surface area contributed by atoms with Gasteiger partial charge >= 0.3 is 11.7 Å². The van der Waals surface area contributed by atoms with Crippen molar-refractivity contribution in [3.8, 4) is 0 Å². The van der Waals surface area contributed by atoms with Gasteiger partial charge in [-0.15, -0.1) is 0 Å². The summed E-state index contributed by atoms with van der Waals surface area (Å²) in [5.41, 5.74) is 4.32. The van der Waals surface area contributed by atoms with Crippen molar-refractivity contribution in [1.82, 2.24) is 9.55 Å². The summed E-state index contributed by atoms with van der Waals surface area (Å²) in [5, 5.41) is 10.8. The van der Waals surface area contributed by atoms with Gasteiger partial charge in [-0.05, 0) is 49.0 Å². The van der Waals surface area contributed by atoms with Crippen LogP contribution in [-0.4, -0.2) is 52.2 Å². The van der Waals surface area contributed by atoms with Crippen LogP contribution < -0.4 is 11.4 Å². The highest BCUT2D eigenvalue weighted by molar-refractivity contribution is 5.76. The number of nitrogen functional groups attached to an aromatic ring is 1. The number of anilines is 1. The molecule has 38 heavy (non-hydrogen) atoms. The Bertz CT molecular complexity index is 1080. The molecule has 1 aromatic rings. The number of hydrogen-bond acceptors (Lipinski definition) is 8. The van der Waals surface area contributed by atoms with Crippen molar-refractivity contribution in [2.24, 2.45) is 27.6 Å². The first-order chi connectivity index (χ1) is 17.3. The molecule has 0 spiro atoms. The van der Waals surface area contributed by atoms with Gasteiger partial charge in [-0.1, -0.05) is 60.6 Å². The molecule has 2 aliphatic rings. The molecule has 3 heterocycles. The molecule has 9 heteroatoms. The fourth-order valence-electron chi connectivity index (χ4n) is 6.02. The van der Waals surface area contributed by atoms with Gasteiger partial charge in [0.1, 0.15) is 30.9 Å². The van der Waals surface area contributed by atoms with E-state index in [9.17, 15) is 14.7 Å². The molecule has 0 aromatic carbocycles. The number of ether oxygens (including phenoxy) is 3. The lowest BCUT2D eigenvalue weighted by molar-refractivity contribution is -0.305. The van der Waals surface area contributed by atoms with Gasteiger partial charge in [0.25, 0.3) is 0 Å². The number of carbonyl (C=O) groups is 1. The summed E-state index contributed by atoms with van der Waals surface area (Å²) in [5.74, 6) is -0.471. The minimum absolute atomic E-state index is 0.0363. The Morgan fingerprint density at radius 2 is 1.74 bits per heavy atom. The van der Waals surface area contributed by atoms with E-state index in [0.29, 0.717) is 13.0 Å². The van der Waals surface area contributed by atoms with Crippen molar-refractivity contribution >= 4 is 11.8 Å². The molecule has 9 nitrogen and oxygen atoms in total. The third-order valence-corrected chi connectivity index (χ3v) is 7.23. The van der Waals surface area contributed by atoms with Gasteiger partial charge in [0.2, 0.25) is 0 Å². The van der Waals surface area contributed by atoms with Crippen molar-refractivity contribution < 1.29 is 24.1 Å². The molecule has 0 bridgehead atoms. The first-order valence-electron chi connectivity index (χ1n) is 13.5. The minimum Gasteiger partial charge on any atom is -0.462 e. The maximum absolute atomic E-state index is 13.2. The molecule has 3 N–H and O–H groups in total. The predicted molar refractivity (Wildman–Crippen MR) is 146 cm³/mol. The van der Waals surface area contributed by atoms with Crippen LogP contribution in [-0.2, 0) is 19.0 Å². The van der Waals surface area contributed by atoms with Crippen molar-refractivity contribution in [3.05, 3.63) is 34.9 Å². The fraction of sp³-hybridized carbons (Fsp3) is 0.759. The molecule has 2 saturated heterocycles. The SMILES string of the molecule is CC(C)(C)CC(C)(C)/C=C/C(C)(C)CC(C)(C)C(=O)OC[C@H]1O[C@@H](n2ccc(N)nc2=O)[C@@H]2COC2C1O. The highest BCUT2D eigenvalue weighted by atomic mass is 16.6. The van der Waals surface area contributed by atoms with Crippen molar-refractivity contribution in [2.75, 3.05) is 18.9 Å². The largest absolute Gasteiger partial charge is 0.462 e. The van der Waals surface area contributed by atoms with Crippen LogP contribution in [0.15, 0.2) is 29.2 Å². The first-order valence-corrected chi connectivity index (χ1v) is 13.5. The van der Waals surface area contributed by atoms with E-state index < -0.39 is 35.6 Å². The molecule has 1 aromatic heterocycles. The summed E-state index contributed by atoms with van der Waals surface area (Å²) in [7, 11) is 0. The lowest BCUT2D eigenvalue weighted by atomic mass is 9.72. The van der Waals surface area contributed by atoms with Crippen LogP contribution in [0.25, 0.3) is 0 Å². The van der Waals surface area contributed by atoms with Gasteiger partial charge in [0.15, 0.2) is 0 Å². The van der Waals surface area contributed by atoms with E-state index in [1.165, 1.54) is 16.8 Å². The Balaban J connectivity index is 1.64. The maximum Gasteiger partial charge on any atom is 0.351 e. The van der Waals surface area contributed by atoms with Crippen LogP contribution in [0.5, 0.6) is 0 Å².